The molecule has 0 radical (unpaired) electrons. The van der Waals surface area contributed by atoms with Crippen molar-refractivity contribution in [2.45, 2.75) is 6.61 Å². The third kappa shape index (κ3) is 1.67. The summed E-state index contributed by atoms with van der Waals surface area (Å²) in [5.74, 6) is -4.06. The van der Waals surface area contributed by atoms with Crippen LogP contribution in [0.5, 0.6) is 0 Å². The van der Waals surface area contributed by atoms with E-state index in [1.165, 1.54) is 6.07 Å². The molecule has 2 rings (SSSR count). The highest BCUT2D eigenvalue weighted by Crippen LogP contribution is 2.25. The van der Waals surface area contributed by atoms with E-state index in [1.807, 2.05) is 0 Å². The summed E-state index contributed by atoms with van der Waals surface area (Å²) in [6.07, 6.45) is 0. The van der Waals surface area contributed by atoms with Crippen molar-refractivity contribution < 1.29 is 22.8 Å². The van der Waals surface area contributed by atoms with Crippen LogP contribution in [0.25, 0.3) is 11.3 Å². The fourth-order valence-corrected chi connectivity index (χ4v) is 1.24. The van der Waals surface area contributed by atoms with Crippen LogP contribution >= 0.6 is 0 Å². The summed E-state index contributed by atoms with van der Waals surface area (Å²) in [6.45, 7) is -0.404. The largest absolute Gasteiger partial charge is 0.388 e. The predicted molar refractivity (Wildman–Crippen MR) is 47.7 cm³/mol. The first-order valence-electron chi connectivity index (χ1n) is 4.34. The average Bonchev–Trinajstić information content (AvgIpc) is 2.74. The lowest BCUT2D eigenvalue weighted by atomic mass is 10.1. The Morgan fingerprint density at radius 3 is 2.56 bits per heavy atom. The summed E-state index contributed by atoms with van der Waals surface area (Å²) >= 11 is 0. The third-order valence-corrected chi connectivity index (χ3v) is 2.03. The standard InChI is InChI=1S/C10H6F3NO2/c11-7-2-1-6(9(12)10(7)13)8-3-5(4-15)16-14-8/h1-3,15H,4H2. The van der Waals surface area contributed by atoms with E-state index >= 15 is 0 Å². The number of aliphatic hydroxyl groups is 1. The molecular formula is C10H6F3NO2. The van der Waals surface area contributed by atoms with Crippen molar-refractivity contribution in [2.75, 3.05) is 0 Å². The maximum absolute atomic E-state index is 13.3. The monoisotopic (exact) mass is 229 g/mol. The van der Waals surface area contributed by atoms with Crippen molar-refractivity contribution >= 4 is 0 Å². The summed E-state index contributed by atoms with van der Waals surface area (Å²) in [5.41, 5.74) is -0.220. The van der Waals surface area contributed by atoms with Crippen LogP contribution in [0.4, 0.5) is 13.2 Å². The second-order valence-electron chi connectivity index (χ2n) is 3.06. The summed E-state index contributed by atoms with van der Waals surface area (Å²) in [7, 11) is 0. The van der Waals surface area contributed by atoms with Gasteiger partial charge < -0.3 is 9.63 Å². The first kappa shape index (κ1) is 10.7. The topological polar surface area (TPSA) is 46.3 Å². The highest BCUT2D eigenvalue weighted by Gasteiger charge is 2.17. The lowest BCUT2D eigenvalue weighted by Crippen LogP contribution is -1.93. The van der Waals surface area contributed by atoms with Crippen LogP contribution in [0.2, 0.25) is 0 Å². The van der Waals surface area contributed by atoms with Crippen LogP contribution in [-0.2, 0) is 6.61 Å². The van der Waals surface area contributed by atoms with Gasteiger partial charge >= 0.3 is 0 Å². The van der Waals surface area contributed by atoms with Crippen LogP contribution in [0, 0.1) is 17.5 Å². The maximum Gasteiger partial charge on any atom is 0.195 e. The fourth-order valence-electron chi connectivity index (χ4n) is 1.24. The molecule has 0 aliphatic carbocycles. The van der Waals surface area contributed by atoms with Crippen LogP contribution in [0.1, 0.15) is 5.76 Å². The molecular weight excluding hydrogens is 223 g/mol. The Bertz CT molecular complexity index is 525. The molecule has 0 aliphatic rings. The Hall–Kier alpha value is -1.82. The van der Waals surface area contributed by atoms with Gasteiger partial charge in [-0.05, 0) is 12.1 Å². The molecule has 0 spiro atoms. The minimum absolute atomic E-state index is 0.000417. The van der Waals surface area contributed by atoms with E-state index in [2.05, 4.69) is 9.68 Å². The second kappa shape index (κ2) is 3.97. The number of hydrogen-bond donors (Lipinski definition) is 1. The van der Waals surface area contributed by atoms with Gasteiger partial charge in [0.25, 0.3) is 0 Å². The summed E-state index contributed by atoms with van der Waals surface area (Å²) < 4.78 is 43.5. The van der Waals surface area contributed by atoms with E-state index in [1.54, 1.807) is 0 Å². The number of aliphatic hydroxyl groups excluding tert-OH is 1. The van der Waals surface area contributed by atoms with Gasteiger partial charge in [0.05, 0.1) is 0 Å². The number of halogens is 3. The van der Waals surface area contributed by atoms with Gasteiger partial charge in [-0.25, -0.2) is 13.2 Å². The van der Waals surface area contributed by atoms with Gasteiger partial charge in [0.2, 0.25) is 0 Å². The van der Waals surface area contributed by atoms with Crippen molar-refractivity contribution in [3.8, 4) is 11.3 Å². The van der Waals surface area contributed by atoms with E-state index in [-0.39, 0.29) is 17.0 Å². The van der Waals surface area contributed by atoms with Crippen molar-refractivity contribution in [1.29, 1.82) is 0 Å². The highest BCUT2D eigenvalue weighted by molar-refractivity contribution is 5.59. The Morgan fingerprint density at radius 1 is 1.19 bits per heavy atom. The SMILES string of the molecule is OCc1cc(-c2ccc(F)c(F)c2F)no1. The number of hydrogen-bond acceptors (Lipinski definition) is 3. The first-order valence-corrected chi connectivity index (χ1v) is 4.34. The summed E-state index contributed by atoms with van der Waals surface area (Å²) in [5, 5.41) is 12.1. The molecule has 6 heteroatoms. The van der Waals surface area contributed by atoms with Gasteiger partial charge in [-0.3, -0.25) is 0 Å². The predicted octanol–water partition coefficient (Wildman–Crippen LogP) is 2.25. The molecule has 0 amide bonds. The van der Waals surface area contributed by atoms with E-state index in [9.17, 15) is 13.2 Å². The molecule has 1 aromatic carbocycles. The number of benzene rings is 1. The molecule has 1 N–H and O–H groups in total. The molecule has 3 nitrogen and oxygen atoms in total. The van der Waals surface area contributed by atoms with Crippen LogP contribution < -0.4 is 0 Å². The molecule has 84 valence electrons. The Balaban J connectivity index is 2.52. The van der Waals surface area contributed by atoms with Gasteiger partial charge in [-0.2, -0.15) is 0 Å². The number of rotatable bonds is 2. The van der Waals surface area contributed by atoms with E-state index < -0.39 is 24.1 Å². The quantitative estimate of drug-likeness (QED) is 0.803. The molecule has 1 heterocycles. The van der Waals surface area contributed by atoms with Crippen LogP contribution in [0.3, 0.4) is 0 Å². The Labute approximate surface area is 88.1 Å². The zero-order valence-corrected chi connectivity index (χ0v) is 7.88. The molecule has 0 saturated carbocycles. The van der Waals surface area contributed by atoms with Gasteiger partial charge in [-0.1, -0.05) is 5.16 Å². The van der Waals surface area contributed by atoms with Crippen LogP contribution in [0.15, 0.2) is 22.7 Å². The van der Waals surface area contributed by atoms with Crippen molar-refractivity contribution in [3.05, 3.63) is 41.4 Å². The molecule has 0 saturated heterocycles. The molecule has 0 atom stereocenters. The van der Waals surface area contributed by atoms with Crippen molar-refractivity contribution in [1.82, 2.24) is 5.16 Å². The van der Waals surface area contributed by atoms with E-state index in [0.717, 1.165) is 12.1 Å². The summed E-state index contributed by atoms with van der Waals surface area (Å²) in [4.78, 5) is 0. The molecule has 2 aromatic rings. The molecule has 0 bridgehead atoms. The van der Waals surface area contributed by atoms with Crippen LogP contribution in [-0.4, -0.2) is 10.3 Å². The molecule has 0 aliphatic heterocycles. The maximum atomic E-state index is 13.3. The minimum atomic E-state index is -1.56. The third-order valence-electron chi connectivity index (χ3n) is 2.03. The van der Waals surface area contributed by atoms with E-state index in [0.29, 0.717) is 0 Å². The minimum Gasteiger partial charge on any atom is -0.388 e. The molecule has 1 aromatic heterocycles. The molecule has 0 fully saturated rings. The van der Waals surface area contributed by atoms with Gasteiger partial charge in [0.1, 0.15) is 12.3 Å². The highest BCUT2D eigenvalue weighted by atomic mass is 19.2. The Morgan fingerprint density at radius 2 is 1.94 bits per heavy atom. The zero-order chi connectivity index (χ0) is 11.7. The van der Waals surface area contributed by atoms with E-state index in [4.69, 9.17) is 5.11 Å². The first-order chi connectivity index (χ1) is 7.63. The van der Waals surface area contributed by atoms with Gasteiger partial charge in [0, 0.05) is 11.6 Å². The lowest BCUT2D eigenvalue weighted by molar-refractivity contribution is 0.229. The normalized spacial score (nSPS) is 10.8. The average molecular weight is 229 g/mol. The number of nitrogens with zero attached hydrogens (tertiary/aromatic N) is 1. The smallest absolute Gasteiger partial charge is 0.195 e. The zero-order valence-electron chi connectivity index (χ0n) is 7.88. The molecule has 0 unspecified atom stereocenters. The number of aromatic nitrogens is 1. The summed E-state index contributed by atoms with van der Waals surface area (Å²) in [6, 6.07) is 3.09. The lowest BCUT2D eigenvalue weighted by Gasteiger charge is -1.99. The molecule has 16 heavy (non-hydrogen) atoms. The van der Waals surface area contributed by atoms with Gasteiger partial charge in [0.15, 0.2) is 23.2 Å². The Kier molecular flexibility index (Phi) is 2.66. The van der Waals surface area contributed by atoms with Crippen molar-refractivity contribution in [2.24, 2.45) is 0 Å². The van der Waals surface area contributed by atoms with Crippen molar-refractivity contribution in [3.63, 3.8) is 0 Å². The van der Waals surface area contributed by atoms with Gasteiger partial charge in [-0.15, -0.1) is 0 Å². The fraction of sp³-hybridized carbons (Fsp3) is 0.100. The second-order valence-corrected chi connectivity index (χ2v) is 3.06.